The summed E-state index contributed by atoms with van der Waals surface area (Å²) in [5.41, 5.74) is 3.10. The Morgan fingerprint density at radius 2 is 2.12 bits per heavy atom. The molecule has 0 aromatic heterocycles. The van der Waals surface area contributed by atoms with Gasteiger partial charge in [0.2, 0.25) is 0 Å². The largest absolute Gasteiger partial charge is 0.295 e. The monoisotopic (exact) mass is 234 g/mol. The first-order valence-corrected chi connectivity index (χ1v) is 6.06. The van der Waals surface area contributed by atoms with Gasteiger partial charge in [-0.2, -0.15) is 0 Å². The zero-order valence-electron chi connectivity index (χ0n) is 9.42. The zero-order chi connectivity index (χ0) is 11.5. The Balaban J connectivity index is 2.35. The van der Waals surface area contributed by atoms with E-state index >= 15 is 0 Å². The zero-order valence-corrected chi connectivity index (χ0v) is 10.2. The highest BCUT2D eigenvalue weighted by molar-refractivity contribution is 6.32. The van der Waals surface area contributed by atoms with Gasteiger partial charge in [-0.3, -0.25) is 4.79 Å². The van der Waals surface area contributed by atoms with Crippen LogP contribution in [0.3, 0.4) is 0 Å². The number of benzene rings is 1. The Bertz CT molecular complexity index is 446. The number of halogens is 1. The molecule has 0 unspecified atom stereocenters. The van der Waals surface area contributed by atoms with E-state index in [9.17, 15) is 4.79 Å². The van der Waals surface area contributed by atoms with Crippen LogP contribution in [0.15, 0.2) is 24.3 Å². The summed E-state index contributed by atoms with van der Waals surface area (Å²) in [6, 6.07) is 5.60. The standard InChI is InChI=1S/C14H15ClO/c1-10(16)12-7-8-13(14(15)9-12)11-5-3-2-4-6-11/h5,7-9H,2-4,6H2,1H3. The first-order valence-electron chi connectivity index (χ1n) is 5.68. The van der Waals surface area contributed by atoms with Crippen molar-refractivity contribution in [3.8, 4) is 0 Å². The highest BCUT2D eigenvalue weighted by atomic mass is 35.5. The summed E-state index contributed by atoms with van der Waals surface area (Å²) in [6.07, 6.45) is 7.00. The average Bonchev–Trinajstić information content (AvgIpc) is 2.30. The normalized spacial score (nSPS) is 15.8. The van der Waals surface area contributed by atoms with Crippen LogP contribution in [0.4, 0.5) is 0 Å². The van der Waals surface area contributed by atoms with Crippen LogP contribution in [0, 0.1) is 0 Å². The van der Waals surface area contributed by atoms with Crippen molar-refractivity contribution in [3.63, 3.8) is 0 Å². The Labute approximate surface area is 101 Å². The van der Waals surface area contributed by atoms with Crippen molar-refractivity contribution < 1.29 is 4.79 Å². The summed E-state index contributed by atoms with van der Waals surface area (Å²) >= 11 is 6.21. The van der Waals surface area contributed by atoms with Crippen LogP contribution in [0.2, 0.25) is 5.02 Å². The molecule has 0 spiro atoms. The molecule has 16 heavy (non-hydrogen) atoms. The molecule has 0 saturated carbocycles. The molecule has 2 rings (SSSR count). The van der Waals surface area contributed by atoms with Gasteiger partial charge in [-0.05, 0) is 49.8 Å². The first-order chi connectivity index (χ1) is 7.68. The number of hydrogen-bond donors (Lipinski definition) is 0. The third-order valence-electron chi connectivity index (χ3n) is 3.01. The third kappa shape index (κ3) is 2.35. The molecular formula is C14H15ClO. The van der Waals surface area contributed by atoms with Crippen LogP contribution in [0.5, 0.6) is 0 Å². The Morgan fingerprint density at radius 3 is 2.69 bits per heavy atom. The lowest BCUT2D eigenvalue weighted by Gasteiger charge is -2.14. The molecule has 0 heterocycles. The van der Waals surface area contributed by atoms with Gasteiger partial charge in [-0.1, -0.05) is 29.8 Å². The molecule has 1 aromatic carbocycles. The van der Waals surface area contributed by atoms with Crippen molar-refractivity contribution in [2.45, 2.75) is 32.6 Å². The average molecular weight is 235 g/mol. The van der Waals surface area contributed by atoms with Gasteiger partial charge in [0.05, 0.1) is 0 Å². The van der Waals surface area contributed by atoms with E-state index in [0.29, 0.717) is 10.6 Å². The fourth-order valence-corrected chi connectivity index (χ4v) is 2.38. The predicted molar refractivity (Wildman–Crippen MR) is 67.9 cm³/mol. The lowest BCUT2D eigenvalue weighted by atomic mass is 9.93. The number of allylic oxidation sites excluding steroid dienone is 2. The molecule has 0 radical (unpaired) electrons. The molecule has 0 fully saturated rings. The van der Waals surface area contributed by atoms with Gasteiger partial charge in [0, 0.05) is 10.6 Å². The van der Waals surface area contributed by atoms with Crippen molar-refractivity contribution >= 4 is 23.0 Å². The van der Waals surface area contributed by atoms with E-state index in [1.165, 1.54) is 18.4 Å². The molecule has 0 bridgehead atoms. The Morgan fingerprint density at radius 1 is 1.31 bits per heavy atom. The Kier molecular flexibility index (Phi) is 3.45. The Hall–Kier alpha value is -1.08. The molecule has 84 valence electrons. The van der Waals surface area contributed by atoms with Gasteiger partial charge in [-0.25, -0.2) is 0 Å². The molecule has 1 aromatic rings. The summed E-state index contributed by atoms with van der Waals surface area (Å²) in [6.45, 7) is 1.56. The first kappa shape index (κ1) is 11.4. The van der Waals surface area contributed by atoms with Crippen LogP contribution in [-0.4, -0.2) is 5.78 Å². The maximum atomic E-state index is 11.2. The summed E-state index contributed by atoms with van der Waals surface area (Å²) < 4.78 is 0. The summed E-state index contributed by atoms with van der Waals surface area (Å²) in [7, 11) is 0. The second-order valence-corrected chi connectivity index (χ2v) is 4.63. The molecule has 1 nitrogen and oxygen atoms in total. The van der Waals surface area contributed by atoms with Crippen LogP contribution < -0.4 is 0 Å². The van der Waals surface area contributed by atoms with Crippen molar-refractivity contribution in [1.29, 1.82) is 0 Å². The SMILES string of the molecule is CC(=O)c1ccc(C2=CCCCC2)c(Cl)c1. The minimum atomic E-state index is 0.0612. The smallest absolute Gasteiger partial charge is 0.159 e. The molecule has 0 atom stereocenters. The van der Waals surface area contributed by atoms with Crippen LogP contribution in [0.1, 0.15) is 48.5 Å². The van der Waals surface area contributed by atoms with Crippen molar-refractivity contribution in [2.24, 2.45) is 0 Å². The minimum Gasteiger partial charge on any atom is -0.295 e. The molecule has 2 heteroatoms. The number of ketones is 1. The molecule has 0 amide bonds. The van der Waals surface area contributed by atoms with Crippen LogP contribution in [0.25, 0.3) is 5.57 Å². The van der Waals surface area contributed by atoms with Crippen molar-refractivity contribution in [1.82, 2.24) is 0 Å². The minimum absolute atomic E-state index is 0.0612. The molecule has 0 aliphatic heterocycles. The summed E-state index contributed by atoms with van der Waals surface area (Å²) in [5, 5.41) is 0.695. The van der Waals surface area contributed by atoms with E-state index in [1.807, 2.05) is 12.1 Å². The number of rotatable bonds is 2. The van der Waals surface area contributed by atoms with Gasteiger partial charge in [-0.15, -0.1) is 0 Å². The quantitative estimate of drug-likeness (QED) is 0.689. The van der Waals surface area contributed by atoms with E-state index in [4.69, 9.17) is 11.6 Å². The molecule has 1 aliphatic carbocycles. The topological polar surface area (TPSA) is 17.1 Å². The van der Waals surface area contributed by atoms with Gasteiger partial charge < -0.3 is 0 Å². The predicted octanol–water partition coefficient (Wildman–Crippen LogP) is 4.50. The van der Waals surface area contributed by atoms with Gasteiger partial charge in [0.25, 0.3) is 0 Å². The lowest BCUT2D eigenvalue weighted by molar-refractivity contribution is 0.101. The maximum Gasteiger partial charge on any atom is 0.159 e. The number of carbonyl (C=O) groups excluding carboxylic acids is 1. The second-order valence-electron chi connectivity index (χ2n) is 4.23. The number of carbonyl (C=O) groups is 1. The van der Waals surface area contributed by atoms with E-state index in [1.54, 1.807) is 13.0 Å². The van der Waals surface area contributed by atoms with Crippen molar-refractivity contribution in [2.75, 3.05) is 0 Å². The van der Waals surface area contributed by atoms with E-state index in [0.717, 1.165) is 18.4 Å². The summed E-state index contributed by atoms with van der Waals surface area (Å²) in [4.78, 5) is 11.2. The highest BCUT2D eigenvalue weighted by Gasteiger charge is 2.11. The maximum absolute atomic E-state index is 11.2. The summed E-state index contributed by atoms with van der Waals surface area (Å²) in [5.74, 6) is 0.0612. The van der Waals surface area contributed by atoms with Crippen molar-refractivity contribution in [3.05, 3.63) is 40.4 Å². The van der Waals surface area contributed by atoms with Gasteiger partial charge in [0.15, 0.2) is 5.78 Å². The molecule has 0 N–H and O–H groups in total. The van der Waals surface area contributed by atoms with Gasteiger partial charge >= 0.3 is 0 Å². The van der Waals surface area contributed by atoms with E-state index in [-0.39, 0.29) is 5.78 Å². The van der Waals surface area contributed by atoms with Gasteiger partial charge in [0.1, 0.15) is 0 Å². The number of hydrogen-bond acceptors (Lipinski definition) is 1. The van der Waals surface area contributed by atoms with Crippen LogP contribution >= 0.6 is 11.6 Å². The second kappa shape index (κ2) is 4.84. The fourth-order valence-electron chi connectivity index (χ4n) is 2.08. The van der Waals surface area contributed by atoms with Crippen LogP contribution in [-0.2, 0) is 0 Å². The molecule has 1 aliphatic rings. The third-order valence-corrected chi connectivity index (χ3v) is 3.33. The molecular weight excluding hydrogens is 220 g/mol. The molecule has 0 saturated heterocycles. The lowest BCUT2D eigenvalue weighted by Crippen LogP contribution is -1.96. The van der Waals surface area contributed by atoms with E-state index < -0.39 is 0 Å². The van der Waals surface area contributed by atoms with E-state index in [2.05, 4.69) is 6.08 Å². The number of Topliss-reactive ketones (excluding diaryl/α,β-unsaturated/α-hetero) is 1. The highest BCUT2D eigenvalue weighted by Crippen LogP contribution is 2.31. The fraction of sp³-hybridized carbons (Fsp3) is 0.357.